The van der Waals surface area contributed by atoms with E-state index in [1.165, 1.54) is 45.5 Å². The van der Waals surface area contributed by atoms with Gasteiger partial charge in [-0.2, -0.15) is 0 Å². The summed E-state index contributed by atoms with van der Waals surface area (Å²) < 4.78 is 0. The second kappa shape index (κ2) is 11.0. The van der Waals surface area contributed by atoms with Crippen LogP contribution in [0.2, 0.25) is 0 Å². The molecule has 0 fully saturated rings. The van der Waals surface area contributed by atoms with Crippen molar-refractivity contribution in [2.24, 2.45) is 4.99 Å². The number of aliphatic imine (C=N–C) groups is 1. The minimum atomic E-state index is 0.910. The molecule has 0 atom stereocenters. The number of anilines is 1. The predicted octanol–water partition coefficient (Wildman–Crippen LogP) is 6.92. The summed E-state index contributed by atoms with van der Waals surface area (Å²) in [6, 6.07) is 13.5. The zero-order valence-corrected chi connectivity index (χ0v) is 19.3. The lowest BCUT2D eigenvalue weighted by Gasteiger charge is -2.25. The molecule has 0 aliphatic carbocycles. The molecule has 2 heteroatoms. The molecule has 0 aliphatic rings. The van der Waals surface area contributed by atoms with Crippen LogP contribution in [0.15, 0.2) is 53.5 Å². The van der Waals surface area contributed by atoms with E-state index in [0.717, 1.165) is 37.9 Å². The maximum absolute atomic E-state index is 4.31. The monoisotopic (exact) mass is 390 g/mol. The highest BCUT2D eigenvalue weighted by Crippen LogP contribution is 2.28. The Bertz CT molecular complexity index is 861. The first-order valence-corrected chi connectivity index (χ1v) is 10.9. The molecule has 0 saturated heterocycles. The Balaban J connectivity index is 2.21. The zero-order chi connectivity index (χ0) is 21.4. The van der Waals surface area contributed by atoms with E-state index < -0.39 is 0 Å². The molecule has 0 amide bonds. The molecule has 156 valence electrons. The lowest BCUT2D eigenvalue weighted by atomic mass is 9.95. The molecule has 2 nitrogen and oxygen atoms in total. The summed E-state index contributed by atoms with van der Waals surface area (Å²) in [6.45, 7) is 13.9. The minimum Gasteiger partial charge on any atom is -0.370 e. The molecule has 2 aromatic rings. The first kappa shape index (κ1) is 22.9. The van der Waals surface area contributed by atoms with Crippen molar-refractivity contribution in [1.29, 1.82) is 0 Å². The standard InChI is InChI=1S/C27H38N2/c1-8-11-20(3)14-15-23-12-10-13-27(26(23)9-2)29(7)19-25-17-16-24(18-21(25)4)22(5)28-6/h10,12-13,16-18H,3,8-9,11,14-15,19H2,1-2,4-7H3. The fourth-order valence-corrected chi connectivity index (χ4v) is 3.98. The van der Waals surface area contributed by atoms with Crippen LogP contribution in [0, 0.1) is 6.92 Å². The molecule has 2 aromatic carbocycles. The lowest BCUT2D eigenvalue weighted by molar-refractivity contribution is 0.814. The molecule has 0 radical (unpaired) electrons. The first-order valence-electron chi connectivity index (χ1n) is 10.9. The van der Waals surface area contributed by atoms with E-state index in [9.17, 15) is 0 Å². The predicted molar refractivity (Wildman–Crippen MR) is 130 cm³/mol. The third-order valence-corrected chi connectivity index (χ3v) is 5.87. The average molecular weight is 391 g/mol. The Morgan fingerprint density at radius 2 is 1.83 bits per heavy atom. The fraction of sp³-hybridized carbons (Fsp3) is 0.444. The van der Waals surface area contributed by atoms with Gasteiger partial charge >= 0.3 is 0 Å². The van der Waals surface area contributed by atoms with Gasteiger partial charge in [-0.3, -0.25) is 4.99 Å². The maximum atomic E-state index is 4.31. The molecular weight excluding hydrogens is 352 g/mol. The summed E-state index contributed by atoms with van der Waals surface area (Å²) in [7, 11) is 4.06. The van der Waals surface area contributed by atoms with Crippen LogP contribution in [0.5, 0.6) is 0 Å². The summed E-state index contributed by atoms with van der Waals surface area (Å²) in [5.74, 6) is 0. The van der Waals surface area contributed by atoms with Crippen molar-refractivity contribution in [3.63, 3.8) is 0 Å². The molecule has 29 heavy (non-hydrogen) atoms. The Morgan fingerprint density at radius 3 is 2.45 bits per heavy atom. The van der Waals surface area contributed by atoms with Crippen molar-refractivity contribution < 1.29 is 0 Å². The van der Waals surface area contributed by atoms with Crippen molar-refractivity contribution >= 4 is 11.4 Å². The summed E-state index contributed by atoms with van der Waals surface area (Å²) in [6.07, 6.45) is 5.56. The molecule has 0 unspecified atom stereocenters. The molecule has 0 heterocycles. The van der Waals surface area contributed by atoms with Gasteiger partial charge in [-0.15, -0.1) is 0 Å². The van der Waals surface area contributed by atoms with E-state index in [4.69, 9.17) is 0 Å². The summed E-state index contributed by atoms with van der Waals surface area (Å²) in [4.78, 5) is 6.71. The largest absolute Gasteiger partial charge is 0.370 e. The van der Waals surface area contributed by atoms with E-state index in [0.29, 0.717) is 0 Å². The summed E-state index contributed by atoms with van der Waals surface area (Å²) in [5, 5.41) is 0. The van der Waals surface area contributed by atoms with Crippen LogP contribution in [0.1, 0.15) is 67.9 Å². The molecule has 0 N–H and O–H groups in total. The van der Waals surface area contributed by atoms with Crippen molar-refractivity contribution in [2.45, 2.75) is 66.3 Å². The second-order valence-corrected chi connectivity index (χ2v) is 8.07. The Labute approximate surface area is 178 Å². The van der Waals surface area contributed by atoms with E-state index in [-0.39, 0.29) is 0 Å². The molecule has 2 rings (SSSR count). The number of benzene rings is 2. The molecule has 0 aliphatic heterocycles. The maximum Gasteiger partial charge on any atom is 0.0428 e. The van der Waals surface area contributed by atoms with Gasteiger partial charge in [0.1, 0.15) is 0 Å². The van der Waals surface area contributed by atoms with Crippen LogP contribution in [0.3, 0.4) is 0 Å². The Hall–Kier alpha value is -2.35. The smallest absolute Gasteiger partial charge is 0.0428 e. The van der Waals surface area contributed by atoms with Crippen molar-refractivity contribution in [1.82, 2.24) is 0 Å². The van der Waals surface area contributed by atoms with Gasteiger partial charge in [0.25, 0.3) is 0 Å². The van der Waals surface area contributed by atoms with Gasteiger partial charge in [-0.05, 0) is 79.5 Å². The number of nitrogens with zero attached hydrogens (tertiary/aromatic N) is 2. The number of hydrogen-bond donors (Lipinski definition) is 0. The lowest BCUT2D eigenvalue weighted by Crippen LogP contribution is -2.19. The normalized spacial score (nSPS) is 11.6. The third-order valence-electron chi connectivity index (χ3n) is 5.87. The Morgan fingerprint density at radius 1 is 1.07 bits per heavy atom. The quantitative estimate of drug-likeness (QED) is 0.317. The fourth-order valence-electron chi connectivity index (χ4n) is 3.98. The minimum absolute atomic E-state index is 0.910. The van der Waals surface area contributed by atoms with Gasteiger partial charge in [0.2, 0.25) is 0 Å². The third kappa shape index (κ3) is 6.06. The highest BCUT2D eigenvalue weighted by Gasteiger charge is 2.12. The number of rotatable bonds is 10. The highest BCUT2D eigenvalue weighted by atomic mass is 15.1. The van der Waals surface area contributed by atoms with Crippen LogP contribution in [-0.4, -0.2) is 19.8 Å². The second-order valence-electron chi connectivity index (χ2n) is 8.07. The summed E-state index contributed by atoms with van der Waals surface area (Å²) >= 11 is 0. The van der Waals surface area contributed by atoms with Gasteiger partial charge in [0, 0.05) is 32.0 Å². The van der Waals surface area contributed by atoms with Crippen LogP contribution in [0.25, 0.3) is 0 Å². The van der Waals surface area contributed by atoms with Crippen LogP contribution < -0.4 is 4.90 Å². The number of hydrogen-bond acceptors (Lipinski definition) is 2. The molecular formula is C27H38N2. The van der Waals surface area contributed by atoms with Crippen LogP contribution in [-0.2, 0) is 19.4 Å². The van der Waals surface area contributed by atoms with E-state index >= 15 is 0 Å². The molecule has 0 spiro atoms. The van der Waals surface area contributed by atoms with E-state index in [2.05, 4.69) is 87.6 Å². The van der Waals surface area contributed by atoms with Gasteiger partial charge in [0.05, 0.1) is 0 Å². The van der Waals surface area contributed by atoms with E-state index in [1.807, 2.05) is 7.05 Å². The van der Waals surface area contributed by atoms with Crippen LogP contribution in [0.4, 0.5) is 5.69 Å². The van der Waals surface area contributed by atoms with Gasteiger partial charge < -0.3 is 4.90 Å². The van der Waals surface area contributed by atoms with Crippen molar-refractivity contribution in [3.05, 3.63) is 76.4 Å². The Kier molecular flexibility index (Phi) is 8.70. The molecule has 0 aromatic heterocycles. The number of allylic oxidation sites excluding steroid dienone is 1. The SMILES string of the molecule is C=C(CCC)CCc1cccc(N(C)Cc2ccc(C(C)=NC)cc2C)c1CC. The topological polar surface area (TPSA) is 15.6 Å². The first-order chi connectivity index (χ1) is 13.9. The molecule has 0 saturated carbocycles. The van der Waals surface area contributed by atoms with Gasteiger partial charge in [-0.25, -0.2) is 0 Å². The van der Waals surface area contributed by atoms with Crippen molar-refractivity contribution in [2.75, 3.05) is 19.0 Å². The van der Waals surface area contributed by atoms with E-state index in [1.54, 1.807) is 0 Å². The highest BCUT2D eigenvalue weighted by molar-refractivity contribution is 5.98. The molecule has 0 bridgehead atoms. The zero-order valence-electron chi connectivity index (χ0n) is 19.3. The van der Waals surface area contributed by atoms with Crippen LogP contribution >= 0.6 is 0 Å². The van der Waals surface area contributed by atoms with Gasteiger partial charge in [0.15, 0.2) is 0 Å². The van der Waals surface area contributed by atoms with Crippen molar-refractivity contribution in [3.8, 4) is 0 Å². The summed E-state index contributed by atoms with van der Waals surface area (Å²) in [5.41, 5.74) is 10.6. The average Bonchev–Trinajstić information content (AvgIpc) is 2.72. The van der Waals surface area contributed by atoms with Gasteiger partial charge in [-0.1, -0.05) is 56.7 Å². The number of aryl methyl sites for hydroxylation is 2.